The molecule has 0 radical (unpaired) electrons. The van der Waals surface area contributed by atoms with Crippen LogP contribution in [0.25, 0.3) is 0 Å². The van der Waals surface area contributed by atoms with Crippen LogP contribution in [0.15, 0.2) is 24.3 Å². The van der Waals surface area contributed by atoms with Crippen LogP contribution < -0.4 is 10.5 Å². The second-order valence-electron chi connectivity index (χ2n) is 3.73. The lowest BCUT2D eigenvalue weighted by Gasteiger charge is -2.13. The third-order valence-corrected chi connectivity index (χ3v) is 2.49. The summed E-state index contributed by atoms with van der Waals surface area (Å²) < 4.78 is 5.74. The van der Waals surface area contributed by atoms with E-state index in [9.17, 15) is 0 Å². The smallest absolute Gasteiger partial charge is 0.119 e. The van der Waals surface area contributed by atoms with Gasteiger partial charge in [-0.2, -0.15) is 0 Å². The Hall–Kier alpha value is -1.18. The zero-order valence-electron chi connectivity index (χ0n) is 7.86. The van der Waals surface area contributed by atoms with Gasteiger partial charge in [-0.3, -0.25) is 0 Å². The van der Waals surface area contributed by atoms with Crippen LogP contribution in [0.3, 0.4) is 0 Å². The summed E-state index contributed by atoms with van der Waals surface area (Å²) >= 11 is 0. The quantitative estimate of drug-likeness (QED) is 0.720. The maximum Gasteiger partial charge on any atom is 0.119 e. The molecule has 0 saturated heterocycles. The second-order valence-corrected chi connectivity index (χ2v) is 3.73. The Morgan fingerprint density at radius 3 is 2.46 bits per heavy atom. The molecule has 1 atom stereocenters. The normalized spacial score (nSPS) is 18.2. The molecule has 70 valence electrons. The summed E-state index contributed by atoms with van der Waals surface area (Å²) in [5.74, 6) is 1.70. The summed E-state index contributed by atoms with van der Waals surface area (Å²) in [6.45, 7) is 2.13. The summed E-state index contributed by atoms with van der Waals surface area (Å²) in [6, 6.07) is 7.59. The third kappa shape index (κ3) is 2.14. The molecule has 0 aliphatic heterocycles. The predicted octanol–water partition coefficient (Wildman–Crippen LogP) is 2.45. The van der Waals surface area contributed by atoms with E-state index >= 15 is 0 Å². The third-order valence-electron chi connectivity index (χ3n) is 2.49. The van der Waals surface area contributed by atoms with Crippen molar-refractivity contribution in [3.8, 4) is 5.75 Å². The van der Waals surface area contributed by atoms with Crippen molar-refractivity contribution in [2.45, 2.75) is 25.9 Å². The number of rotatable bonds is 3. The highest BCUT2D eigenvalue weighted by Gasteiger charge is 2.29. The molecule has 2 rings (SSSR count). The van der Waals surface area contributed by atoms with Crippen molar-refractivity contribution in [2.75, 3.05) is 5.73 Å². The minimum Gasteiger partial charge on any atom is -0.490 e. The Morgan fingerprint density at radius 2 is 1.92 bits per heavy atom. The van der Waals surface area contributed by atoms with Gasteiger partial charge >= 0.3 is 0 Å². The van der Waals surface area contributed by atoms with E-state index in [2.05, 4.69) is 6.92 Å². The topological polar surface area (TPSA) is 35.2 Å². The Labute approximate surface area is 78.7 Å². The van der Waals surface area contributed by atoms with Crippen LogP contribution in [-0.4, -0.2) is 6.10 Å². The van der Waals surface area contributed by atoms with Crippen molar-refractivity contribution >= 4 is 5.69 Å². The van der Waals surface area contributed by atoms with Gasteiger partial charge in [-0.25, -0.2) is 0 Å². The van der Waals surface area contributed by atoms with Gasteiger partial charge in [0, 0.05) is 5.69 Å². The lowest BCUT2D eigenvalue weighted by molar-refractivity contribution is 0.198. The first-order chi connectivity index (χ1) is 6.25. The van der Waals surface area contributed by atoms with Gasteiger partial charge in [-0.1, -0.05) is 0 Å². The van der Waals surface area contributed by atoms with Crippen molar-refractivity contribution in [3.05, 3.63) is 24.3 Å². The van der Waals surface area contributed by atoms with Gasteiger partial charge in [0.25, 0.3) is 0 Å². The maximum absolute atomic E-state index is 5.74. The van der Waals surface area contributed by atoms with Crippen LogP contribution in [0.4, 0.5) is 5.69 Å². The highest BCUT2D eigenvalue weighted by molar-refractivity contribution is 5.41. The molecule has 0 bridgehead atoms. The molecule has 13 heavy (non-hydrogen) atoms. The molecule has 1 aromatic carbocycles. The summed E-state index contributed by atoms with van der Waals surface area (Å²) in [5.41, 5.74) is 6.36. The fourth-order valence-corrected chi connectivity index (χ4v) is 1.42. The minimum absolute atomic E-state index is 0.351. The molecule has 1 unspecified atom stereocenters. The molecule has 1 aliphatic rings. The number of benzene rings is 1. The molecular formula is C11H15NO. The van der Waals surface area contributed by atoms with E-state index in [1.54, 1.807) is 0 Å². The number of hydrogen-bond acceptors (Lipinski definition) is 2. The lowest BCUT2D eigenvalue weighted by atomic mass is 10.2. The van der Waals surface area contributed by atoms with Gasteiger partial charge in [0.1, 0.15) is 5.75 Å². The van der Waals surface area contributed by atoms with Crippen LogP contribution in [0, 0.1) is 5.92 Å². The number of ether oxygens (including phenoxy) is 1. The summed E-state index contributed by atoms with van der Waals surface area (Å²) in [7, 11) is 0. The van der Waals surface area contributed by atoms with Crippen molar-refractivity contribution in [1.29, 1.82) is 0 Å². The lowest BCUT2D eigenvalue weighted by Crippen LogP contribution is -2.13. The fourth-order valence-electron chi connectivity index (χ4n) is 1.42. The molecule has 0 heterocycles. The van der Waals surface area contributed by atoms with Crippen LogP contribution in [0.2, 0.25) is 0 Å². The van der Waals surface area contributed by atoms with Crippen LogP contribution >= 0.6 is 0 Å². The van der Waals surface area contributed by atoms with E-state index in [1.165, 1.54) is 12.8 Å². The summed E-state index contributed by atoms with van der Waals surface area (Å²) in [4.78, 5) is 0. The molecule has 2 N–H and O–H groups in total. The van der Waals surface area contributed by atoms with E-state index < -0.39 is 0 Å². The molecule has 0 spiro atoms. The summed E-state index contributed by atoms with van der Waals surface area (Å²) in [5, 5.41) is 0. The van der Waals surface area contributed by atoms with Gasteiger partial charge in [0.05, 0.1) is 6.10 Å². The predicted molar refractivity (Wildman–Crippen MR) is 53.7 cm³/mol. The average Bonchev–Trinajstić information content (AvgIpc) is 2.91. The Morgan fingerprint density at radius 1 is 1.31 bits per heavy atom. The van der Waals surface area contributed by atoms with E-state index in [1.807, 2.05) is 24.3 Å². The fraction of sp³-hybridized carbons (Fsp3) is 0.455. The average molecular weight is 177 g/mol. The SMILES string of the molecule is CC(Oc1ccc(N)cc1)C1CC1. The minimum atomic E-state index is 0.351. The molecule has 1 aromatic rings. The number of nitrogens with two attached hydrogens (primary N) is 1. The molecular weight excluding hydrogens is 162 g/mol. The van der Waals surface area contributed by atoms with Crippen molar-refractivity contribution in [3.63, 3.8) is 0 Å². The molecule has 1 aliphatic carbocycles. The van der Waals surface area contributed by atoms with E-state index in [0.717, 1.165) is 17.4 Å². The zero-order valence-corrected chi connectivity index (χ0v) is 7.86. The van der Waals surface area contributed by atoms with Crippen LogP contribution in [0.5, 0.6) is 5.75 Å². The first kappa shape index (κ1) is 8.42. The zero-order chi connectivity index (χ0) is 9.26. The van der Waals surface area contributed by atoms with Crippen molar-refractivity contribution in [1.82, 2.24) is 0 Å². The maximum atomic E-state index is 5.74. The molecule has 1 fully saturated rings. The second kappa shape index (κ2) is 3.29. The first-order valence-electron chi connectivity index (χ1n) is 4.78. The van der Waals surface area contributed by atoms with Gasteiger partial charge in [0.15, 0.2) is 0 Å². The first-order valence-corrected chi connectivity index (χ1v) is 4.78. The standard InChI is InChI=1S/C11H15NO/c1-8(9-2-3-9)13-11-6-4-10(12)5-7-11/h4-9H,2-3,12H2,1H3. The van der Waals surface area contributed by atoms with E-state index in [-0.39, 0.29) is 0 Å². The van der Waals surface area contributed by atoms with E-state index in [0.29, 0.717) is 6.10 Å². The Bertz CT molecular complexity index is 277. The van der Waals surface area contributed by atoms with Gasteiger partial charge in [-0.15, -0.1) is 0 Å². The van der Waals surface area contributed by atoms with Gasteiger partial charge < -0.3 is 10.5 Å². The number of anilines is 1. The number of nitrogen functional groups attached to an aromatic ring is 1. The van der Waals surface area contributed by atoms with Crippen LogP contribution in [0.1, 0.15) is 19.8 Å². The highest BCUT2D eigenvalue weighted by Crippen LogP contribution is 2.34. The highest BCUT2D eigenvalue weighted by atomic mass is 16.5. The van der Waals surface area contributed by atoms with Crippen LogP contribution in [-0.2, 0) is 0 Å². The largest absolute Gasteiger partial charge is 0.490 e. The van der Waals surface area contributed by atoms with Crippen molar-refractivity contribution in [2.24, 2.45) is 5.92 Å². The monoisotopic (exact) mass is 177 g/mol. The molecule has 0 amide bonds. The molecule has 1 saturated carbocycles. The Balaban J connectivity index is 1.96. The summed E-state index contributed by atoms with van der Waals surface area (Å²) in [6.07, 6.45) is 2.98. The van der Waals surface area contributed by atoms with E-state index in [4.69, 9.17) is 10.5 Å². The Kier molecular flexibility index (Phi) is 2.13. The molecule has 2 heteroatoms. The molecule has 2 nitrogen and oxygen atoms in total. The van der Waals surface area contributed by atoms with Crippen molar-refractivity contribution < 1.29 is 4.74 Å². The molecule has 0 aromatic heterocycles. The van der Waals surface area contributed by atoms with Gasteiger partial charge in [0.2, 0.25) is 0 Å². The van der Waals surface area contributed by atoms with Gasteiger partial charge in [-0.05, 0) is 49.9 Å². The number of hydrogen-bond donors (Lipinski definition) is 1.